The summed E-state index contributed by atoms with van der Waals surface area (Å²) in [6.07, 6.45) is -2.77. The SMILES string of the molecule is O=c1ncc2cc([C@@H]3O[C@H](CO)C(O)[C@@H]3O)c(=S)[nH]c2[nH]1. The number of ether oxygens (including phenoxy) is 1. The van der Waals surface area contributed by atoms with E-state index in [0.717, 1.165) is 0 Å². The number of aromatic amines is 2. The van der Waals surface area contributed by atoms with Crippen LogP contribution in [0.5, 0.6) is 0 Å². The summed E-state index contributed by atoms with van der Waals surface area (Å²) in [5.41, 5.74) is 0.359. The van der Waals surface area contributed by atoms with Crippen LogP contribution in [0.25, 0.3) is 11.0 Å². The Kier molecular flexibility index (Phi) is 3.59. The van der Waals surface area contributed by atoms with Crippen LogP contribution in [-0.4, -0.2) is 55.2 Å². The standard InChI is InChI=1S/C12H13N3O5S/c16-3-6-7(17)8(18)9(20-6)5-1-4-2-13-12(19)15-10(4)14-11(5)21/h1-2,6-9,16-18H,3H2,(H2,13,14,15,19,21)/t6-,7?,8+,9+/m1/s1. The fourth-order valence-corrected chi connectivity index (χ4v) is 2.68. The van der Waals surface area contributed by atoms with Gasteiger partial charge in [-0.3, -0.25) is 4.98 Å². The van der Waals surface area contributed by atoms with Crippen LogP contribution >= 0.6 is 12.2 Å². The molecule has 2 aromatic rings. The minimum absolute atomic E-state index is 0.263. The Morgan fingerprint density at radius 1 is 1.33 bits per heavy atom. The molecular formula is C12H13N3O5S. The smallest absolute Gasteiger partial charge is 0.346 e. The van der Waals surface area contributed by atoms with Crippen LogP contribution in [0, 0.1) is 4.64 Å². The molecule has 1 saturated heterocycles. The van der Waals surface area contributed by atoms with Crippen molar-refractivity contribution >= 4 is 23.3 Å². The van der Waals surface area contributed by atoms with E-state index in [1.165, 1.54) is 6.20 Å². The number of fused-ring (bicyclic) bond motifs is 1. The first kappa shape index (κ1) is 14.3. The molecule has 112 valence electrons. The Bertz CT molecular complexity index is 788. The maximum Gasteiger partial charge on any atom is 0.346 e. The molecule has 9 heteroatoms. The quantitative estimate of drug-likeness (QED) is 0.456. The predicted molar refractivity (Wildman–Crippen MR) is 74.3 cm³/mol. The van der Waals surface area contributed by atoms with Crippen molar-refractivity contribution in [2.45, 2.75) is 24.4 Å². The summed E-state index contributed by atoms with van der Waals surface area (Å²) in [5.74, 6) is 0. The molecule has 0 radical (unpaired) electrons. The van der Waals surface area contributed by atoms with Gasteiger partial charge in [-0.25, -0.2) is 9.78 Å². The average Bonchev–Trinajstić information content (AvgIpc) is 2.74. The van der Waals surface area contributed by atoms with Crippen molar-refractivity contribution in [3.8, 4) is 0 Å². The number of nitrogens with one attached hydrogen (secondary N) is 2. The fraction of sp³-hybridized carbons (Fsp3) is 0.417. The minimum atomic E-state index is -1.20. The number of nitrogens with zero attached hydrogens (tertiary/aromatic N) is 1. The van der Waals surface area contributed by atoms with Gasteiger partial charge in [-0.1, -0.05) is 12.2 Å². The van der Waals surface area contributed by atoms with E-state index in [2.05, 4.69) is 15.0 Å². The zero-order valence-corrected chi connectivity index (χ0v) is 11.5. The van der Waals surface area contributed by atoms with Gasteiger partial charge in [0.15, 0.2) is 0 Å². The summed E-state index contributed by atoms with van der Waals surface area (Å²) in [4.78, 5) is 20.1. The Morgan fingerprint density at radius 3 is 2.76 bits per heavy atom. The highest BCUT2D eigenvalue weighted by atomic mass is 32.1. The summed E-state index contributed by atoms with van der Waals surface area (Å²) in [5, 5.41) is 29.5. The van der Waals surface area contributed by atoms with Gasteiger partial charge in [0.25, 0.3) is 0 Å². The van der Waals surface area contributed by atoms with E-state index in [9.17, 15) is 15.0 Å². The summed E-state index contributed by atoms with van der Waals surface area (Å²) in [6, 6.07) is 1.62. The second-order valence-corrected chi connectivity index (χ2v) is 5.24. The van der Waals surface area contributed by atoms with Crippen molar-refractivity contribution in [2.75, 3.05) is 6.61 Å². The maximum absolute atomic E-state index is 11.2. The Morgan fingerprint density at radius 2 is 2.10 bits per heavy atom. The Labute approximate surface area is 123 Å². The number of rotatable bonds is 2. The number of aromatic nitrogens is 3. The van der Waals surface area contributed by atoms with E-state index in [0.29, 0.717) is 16.6 Å². The number of pyridine rings is 1. The summed E-state index contributed by atoms with van der Waals surface area (Å²) >= 11 is 5.19. The van der Waals surface area contributed by atoms with Crippen molar-refractivity contribution in [1.82, 2.24) is 15.0 Å². The van der Waals surface area contributed by atoms with Crippen molar-refractivity contribution in [3.05, 3.63) is 33.0 Å². The zero-order chi connectivity index (χ0) is 15.1. The van der Waals surface area contributed by atoms with E-state index in [4.69, 9.17) is 22.1 Å². The molecule has 1 aliphatic rings. The van der Waals surface area contributed by atoms with Crippen LogP contribution < -0.4 is 5.69 Å². The molecule has 1 aliphatic heterocycles. The van der Waals surface area contributed by atoms with E-state index in [1.807, 2.05) is 0 Å². The molecule has 21 heavy (non-hydrogen) atoms. The average molecular weight is 311 g/mol. The lowest BCUT2D eigenvalue weighted by molar-refractivity contribution is -0.0229. The van der Waals surface area contributed by atoms with Gasteiger partial charge in [-0.15, -0.1) is 0 Å². The molecule has 3 rings (SSSR count). The molecule has 0 aromatic carbocycles. The van der Waals surface area contributed by atoms with Gasteiger partial charge < -0.3 is 25.0 Å². The van der Waals surface area contributed by atoms with Crippen molar-refractivity contribution in [1.29, 1.82) is 0 Å². The molecule has 0 saturated carbocycles. The lowest BCUT2D eigenvalue weighted by Crippen LogP contribution is -2.32. The predicted octanol–water partition coefficient (Wildman–Crippen LogP) is -0.865. The van der Waals surface area contributed by atoms with Crippen LogP contribution in [-0.2, 0) is 4.74 Å². The van der Waals surface area contributed by atoms with Gasteiger partial charge in [0.05, 0.1) is 6.61 Å². The van der Waals surface area contributed by atoms with Crippen molar-refractivity contribution in [3.63, 3.8) is 0 Å². The van der Waals surface area contributed by atoms with Gasteiger partial charge >= 0.3 is 5.69 Å². The first-order valence-electron chi connectivity index (χ1n) is 6.26. The van der Waals surface area contributed by atoms with Crippen LogP contribution in [0.15, 0.2) is 17.1 Å². The minimum Gasteiger partial charge on any atom is -0.394 e. The van der Waals surface area contributed by atoms with Crippen molar-refractivity contribution < 1.29 is 20.1 Å². The summed E-state index contributed by atoms with van der Waals surface area (Å²) in [7, 11) is 0. The third kappa shape index (κ3) is 2.39. The number of aliphatic hydroxyl groups excluding tert-OH is 3. The Balaban J connectivity index is 2.09. The molecular weight excluding hydrogens is 298 g/mol. The van der Waals surface area contributed by atoms with Crippen LogP contribution in [0.1, 0.15) is 11.7 Å². The summed E-state index contributed by atoms with van der Waals surface area (Å²) in [6.45, 7) is -0.409. The summed E-state index contributed by atoms with van der Waals surface area (Å²) < 4.78 is 5.71. The first-order chi connectivity index (χ1) is 10.0. The van der Waals surface area contributed by atoms with Crippen LogP contribution in [0.2, 0.25) is 0 Å². The van der Waals surface area contributed by atoms with E-state index >= 15 is 0 Å². The third-order valence-corrected chi connectivity index (χ3v) is 3.84. The molecule has 1 fully saturated rings. The molecule has 0 bridgehead atoms. The molecule has 4 atom stereocenters. The molecule has 3 heterocycles. The fourth-order valence-electron chi connectivity index (χ4n) is 2.40. The van der Waals surface area contributed by atoms with Crippen LogP contribution in [0.4, 0.5) is 0 Å². The second kappa shape index (κ2) is 5.28. The third-order valence-electron chi connectivity index (χ3n) is 3.50. The largest absolute Gasteiger partial charge is 0.394 e. The number of aliphatic hydroxyl groups is 3. The second-order valence-electron chi connectivity index (χ2n) is 4.83. The van der Waals surface area contributed by atoms with E-state index in [-0.39, 0.29) is 4.64 Å². The van der Waals surface area contributed by atoms with Gasteiger partial charge in [0, 0.05) is 17.1 Å². The van der Waals surface area contributed by atoms with E-state index in [1.54, 1.807) is 6.07 Å². The molecule has 1 unspecified atom stereocenters. The van der Waals surface area contributed by atoms with Crippen molar-refractivity contribution in [2.24, 2.45) is 0 Å². The normalized spacial score (nSPS) is 29.1. The molecule has 0 spiro atoms. The highest BCUT2D eigenvalue weighted by Gasteiger charge is 2.43. The molecule has 2 aromatic heterocycles. The van der Waals surface area contributed by atoms with Gasteiger partial charge in [-0.05, 0) is 6.07 Å². The highest BCUT2D eigenvalue weighted by Crippen LogP contribution is 2.34. The maximum atomic E-state index is 11.2. The number of H-pyrrole nitrogens is 2. The number of hydrogen-bond donors (Lipinski definition) is 5. The van der Waals surface area contributed by atoms with E-state index < -0.39 is 36.7 Å². The monoisotopic (exact) mass is 311 g/mol. The lowest BCUT2D eigenvalue weighted by atomic mass is 10.0. The molecule has 8 nitrogen and oxygen atoms in total. The molecule has 5 N–H and O–H groups in total. The van der Waals surface area contributed by atoms with Crippen LogP contribution in [0.3, 0.4) is 0 Å². The highest BCUT2D eigenvalue weighted by molar-refractivity contribution is 7.71. The topological polar surface area (TPSA) is 131 Å². The van der Waals surface area contributed by atoms with Gasteiger partial charge in [-0.2, -0.15) is 0 Å². The molecule has 0 aliphatic carbocycles. The van der Waals surface area contributed by atoms with Gasteiger partial charge in [0.1, 0.15) is 34.7 Å². The van der Waals surface area contributed by atoms with Gasteiger partial charge in [0.2, 0.25) is 0 Å². The zero-order valence-electron chi connectivity index (χ0n) is 10.7. The first-order valence-corrected chi connectivity index (χ1v) is 6.67. The lowest BCUT2D eigenvalue weighted by Gasteiger charge is -2.15. The number of hydrogen-bond acceptors (Lipinski definition) is 7. The molecule has 0 amide bonds. The Hall–Kier alpha value is -1.65.